The van der Waals surface area contributed by atoms with Crippen molar-refractivity contribution in [2.75, 3.05) is 13.1 Å². The molecule has 3 heterocycles. The first-order chi connectivity index (χ1) is 12.8. The molecule has 1 atom stereocenters. The molecular weight excluding hydrogens is 359 g/mol. The normalized spacial score (nSPS) is 20.1. The van der Waals surface area contributed by atoms with Crippen LogP contribution in [0.3, 0.4) is 0 Å². The molecule has 4 rings (SSSR count). The maximum atomic E-state index is 14.4. The summed E-state index contributed by atoms with van der Waals surface area (Å²) in [5.74, 6) is -2.24. The fourth-order valence-corrected chi connectivity index (χ4v) is 4.13. The first kappa shape index (κ1) is 18.0. The van der Waals surface area contributed by atoms with E-state index in [0.29, 0.717) is 28.8 Å². The summed E-state index contributed by atoms with van der Waals surface area (Å²) in [7, 11) is 0. The largest absolute Gasteiger partial charge is 0.340 e. The van der Waals surface area contributed by atoms with Crippen LogP contribution in [0.2, 0.25) is 0 Å². The van der Waals surface area contributed by atoms with Crippen molar-refractivity contribution in [3.05, 3.63) is 34.9 Å². The lowest BCUT2D eigenvalue weighted by atomic mass is 9.90. The molecule has 1 aromatic heterocycles. The van der Waals surface area contributed by atoms with Gasteiger partial charge in [0.15, 0.2) is 0 Å². The first-order valence-electron chi connectivity index (χ1n) is 9.04. The standard InChI is InChI=1S/C19H20F3N3O2/c1-9(2)16(19(27)24-6-10(7-24)17(21)22)25-8-12-13(20)5-23-14-4-3-11(15(12)14)18(25)26/h3,5,9-10,16-17H,4,6-8H2,1-2H3/t16-/m1/s1. The number of carbonyl (C=O) groups is 2. The number of pyridine rings is 1. The molecule has 0 bridgehead atoms. The molecule has 0 unspecified atom stereocenters. The van der Waals surface area contributed by atoms with Gasteiger partial charge in [0.25, 0.3) is 5.91 Å². The van der Waals surface area contributed by atoms with E-state index in [2.05, 4.69) is 4.98 Å². The van der Waals surface area contributed by atoms with Crippen LogP contribution in [0.15, 0.2) is 12.3 Å². The van der Waals surface area contributed by atoms with E-state index in [1.807, 2.05) is 0 Å². The van der Waals surface area contributed by atoms with Gasteiger partial charge in [-0.25, -0.2) is 13.2 Å². The summed E-state index contributed by atoms with van der Waals surface area (Å²) in [5.41, 5.74) is 1.97. The van der Waals surface area contributed by atoms with E-state index in [-0.39, 0.29) is 37.4 Å². The van der Waals surface area contributed by atoms with E-state index in [0.717, 1.165) is 6.20 Å². The fraction of sp³-hybridized carbons (Fsp3) is 0.526. The Bertz CT molecular complexity index is 847. The Kier molecular flexibility index (Phi) is 4.24. The molecule has 144 valence electrons. The average Bonchev–Trinajstić information content (AvgIpc) is 2.97. The number of rotatable bonds is 4. The second-order valence-corrected chi connectivity index (χ2v) is 7.69. The molecule has 1 aliphatic carbocycles. The minimum atomic E-state index is -2.46. The van der Waals surface area contributed by atoms with Gasteiger partial charge in [-0.05, 0) is 5.92 Å². The zero-order valence-electron chi connectivity index (χ0n) is 15.1. The SMILES string of the molecule is CC(C)[C@H](C(=O)N1CC(C(F)F)C1)N1Cc2c(F)cnc3c2C(=CC3)C1=O. The second kappa shape index (κ2) is 6.35. The van der Waals surface area contributed by atoms with Crippen molar-refractivity contribution in [2.24, 2.45) is 11.8 Å². The van der Waals surface area contributed by atoms with Crippen LogP contribution >= 0.6 is 0 Å². The first-order valence-corrected chi connectivity index (χ1v) is 9.04. The van der Waals surface area contributed by atoms with E-state index in [1.54, 1.807) is 19.9 Å². The minimum absolute atomic E-state index is 0.0105. The molecule has 0 saturated carbocycles. The minimum Gasteiger partial charge on any atom is -0.340 e. The van der Waals surface area contributed by atoms with Crippen LogP contribution in [0.4, 0.5) is 13.2 Å². The number of allylic oxidation sites excluding steroid dienone is 1. The van der Waals surface area contributed by atoms with Crippen LogP contribution in [0, 0.1) is 17.7 Å². The number of amides is 2. The Hall–Kier alpha value is -2.38. The van der Waals surface area contributed by atoms with E-state index in [1.165, 1.54) is 9.80 Å². The number of halogens is 3. The Morgan fingerprint density at radius 3 is 2.63 bits per heavy atom. The van der Waals surface area contributed by atoms with Gasteiger partial charge in [-0.3, -0.25) is 14.6 Å². The maximum absolute atomic E-state index is 14.4. The lowest BCUT2D eigenvalue weighted by molar-refractivity contribution is -0.154. The molecule has 1 fully saturated rings. The summed E-state index contributed by atoms with van der Waals surface area (Å²) in [6.07, 6.45) is 0.861. The molecule has 2 amide bonds. The highest BCUT2D eigenvalue weighted by Crippen LogP contribution is 2.38. The predicted octanol–water partition coefficient (Wildman–Crippen LogP) is 2.25. The van der Waals surface area contributed by atoms with E-state index in [9.17, 15) is 22.8 Å². The topological polar surface area (TPSA) is 53.5 Å². The number of alkyl halides is 2. The molecule has 0 N–H and O–H groups in total. The third-order valence-electron chi connectivity index (χ3n) is 5.60. The molecule has 2 aliphatic heterocycles. The van der Waals surface area contributed by atoms with Crippen molar-refractivity contribution in [1.82, 2.24) is 14.8 Å². The highest BCUT2D eigenvalue weighted by atomic mass is 19.3. The summed E-state index contributed by atoms with van der Waals surface area (Å²) in [6, 6.07) is -0.818. The summed E-state index contributed by atoms with van der Waals surface area (Å²) < 4.78 is 39.9. The van der Waals surface area contributed by atoms with Gasteiger partial charge in [0, 0.05) is 36.2 Å². The van der Waals surface area contributed by atoms with Gasteiger partial charge in [0.05, 0.1) is 24.4 Å². The highest BCUT2D eigenvalue weighted by Gasteiger charge is 2.45. The van der Waals surface area contributed by atoms with Crippen molar-refractivity contribution in [2.45, 2.75) is 39.3 Å². The van der Waals surface area contributed by atoms with Crippen LogP contribution in [0.1, 0.15) is 30.7 Å². The summed E-state index contributed by atoms with van der Waals surface area (Å²) in [4.78, 5) is 32.8. The van der Waals surface area contributed by atoms with Crippen LogP contribution in [-0.2, 0) is 22.6 Å². The molecule has 0 spiro atoms. The number of hydrogen-bond acceptors (Lipinski definition) is 3. The van der Waals surface area contributed by atoms with Crippen LogP contribution in [0.25, 0.3) is 5.57 Å². The van der Waals surface area contributed by atoms with Crippen LogP contribution in [-0.4, -0.2) is 52.2 Å². The van der Waals surface area contributed by atoms with E-state index >= 15 is 0 Å². The molecule has 1 saturated heterocycles. The Balaban J connectivity index is 1.64. The quantitative estimate of drug-likeness (QED) is 0.806. The lowest BCUT2D eigenvalue weighted by Crippen LogP contribution is -2.61. The molecule has 0 radical (unpaired) electrons. The summed E-state index contributed by atoms with van der Waals surface area (Å²) >= 11 is 0. The van der Waals surface area contributed by atoms with Gasteiger partial charge in [-0.1, -0.05) is 19.9 Å². The third kappa shape index (κ3) is 2.73. The zero-order chi connectivity index (χ0) is 19.5. The molecule has 1 aromatic rings. The number of aromatic nitrogens is 1. The number of likely N-dealkylation sites (tertiary alicyclic amines) is 1. The Morgan fingerprint density at radius 2 is 2.00 bits per heavy atom. The maximum Gasteiger partial charge on any atom is 0.255 e. The second-order valence-electron chi connectivity index (χ2n) is 7.69. The van der Waals surface area contributed by atoms with Gasteiger partial charge >= 0.3 is 0 Å². The predicted molar refractivity (Wildman–Crippen MR) is 91.1 cm³/mol. The van der Waals surface area contributed by atoms with Gasteiger partial charge in [0.1, 0.15) is 11.9 Å². The van der Waals surface area contributed by atoms with Crippen LogP contribution < -0.4 is 0 Å². The van der Waals surface area contributed by atoms with E-state index < -0.39 is 24.2 Å². The van der Waals surface area contributed by atoms with E-state index in [4.69, 9.17) is 0 Å². The third-order valence-corrected chi connectivity index (χ3v) is 5.60. The molecule has 3 aliphatic rings. The van der Waals surface area contributed by atoms with Crippen molar-refractivity contribution in [3.8, 4) is 0 Å². The number of nitrogens with zero attached hydrogens (tertiary/aromatic N) is 3. The number of carbonyl (C=O) groups excluding carboxylic acids is 2. The molecule has 5 nitrogen and oxygen atoms in total. The van der Waals surface area contributed by atoms with Gasteiger partial charge < -0.3 is 9.80 Å². The number of hydrogen-bond donors (Lipinski definition) is 0. The molecule has 0 aromatic carbocycles. The van der Waals surface area contributed by atoms with Crippen molar-refractivity contribution in [1.29, 1.82) is 0 Å². The summed E-state index contributed by atoms with van der Waals surface area (Å²) in [5, 5.41) is 0. The van der Waals surface area contributed by atoms with Crippen molar-refractivity contribution in [3.63, 3.8) is 0 Å². The summed E-state index contributed by atoms with van der Waals surface area (Å²) in [6.45, 7) is 3.56. The van der Waals surface area contributed by atoms with Gasteiger partial charge in [-0.15, -0.1) is 0 Å². The smallest absolute Gasteiger partial charge is 0.255 e. The average molecular weight is 379 g/mol. The monoisotopic (exact) mass is 379 g/mol. The van der Waals surface area contributed by atoms with Gasteiger partial charge in [-0.2, -0.15) is 0 Å². The van der Waals surface area contributed by atoms with Crippen LogP contribution in [0.5, 0.6) is 0 Å². The molecular formula is C19H20F3N3O2. The molecule has 8 heteroatoms. The lowest BCUT2D eigenvalue weighted by Gasteiger charge is -2.44. The van der Waals surface area contributed by atoms with Crippen molar-refractivity contribution >= 4 is 17.4 Å². The van der Waals surface area contributed by atoms with Gasteiger partial charge in [0.2, 0.25) is 12.3 Å². The zero-order valence-corrected chi connectivity index (χ0v) is 15.1. The fourth-order valence-electron chi connectivity index (χ4n) is 4.13. The van der Waals surface area contributed by atoms with Crippen molar-refractivity contribution < 1.29 is 22.8 Å². The Morgan fingerprint density at radius 1 is 1.30 bits per heavy atom. The Labute approximate surface area is 154 Å². The molecule has 27 heavy (non-hydrogen) atoms. The highest BCUT2D eigenvalue weighted by molar-refractivity contribution is 6.23.